The van der Waals surface area contributed by atoms with Crippen LogP contribution in [-0.2, 0) is 21.3 Å². The molecule has 0 spiro atoms. The van der Waals surface area contributed by atoms with Gasteiger partial charge in [0.1, 0.15) is 11.5 Å². The van der Waals surface area contributed by atoms with Crippen LogP contribution in [0.5, 0.6) is 11.5 Å². The van der Waals surface area contributed by atoms with Crippen molar-refractivity contribution in [3.63, 3.8) is 0 Å². The molecule has 0 unspecified atom stereocenters. The summed E-state index contributed by atoms with van der Waals surface area (Å²) in [7, 11) is -0.200. The molecule has 11 heteroatoms. The number of nitrogens with zero attached hydrogens (tertiary/aromatic N) is 2. The van der Waals surface area contributed by atoms with Gasteiger partial charge < -0.3 is 24.2 Å². The number of carbonyl (C=O) groups is 1. The maximum Gasteiger partial charge on any atom is 0.261 e. The van der Waals surface area contributed by atoms with Gasteiger partial charge in [-0.3, -0.25) is 14.4 Å². The minimum atomic E-state index is -3.91. The van der Waals surface area contributed by atoms with Crippen molar-refractivity contribution in [2.75, 3.05) is 45.2 Å². The van der Waals surface area contributed by atoms with Crippen LogP contribution in [0.2, 0.25) is 0 Å². The molecule has 48 heavy (non-hydrogen) atoms. The van der Waals surface area contributed by atoms with Crippen LogP contribution < -0.4 is 14.2 Å². The third kappa shape index (κ3) is 10.2. The molecule has 0 aromatic heterocycles. The second kappa shape index (κ2) is 17.1. The fraction of sp³-hybridized carbons (Fsp3) is 0.486. The molecule has 1 heterocycles. The molecule has 4 rings (SSSR count). The number of ether oxygens (including phenoxy) is 3. The number of amides is 1. The summed E-state index contributed by atoms with van der Waals surface area (Å²) in [6.45, 7) is 9.73. The Labute approximate surface area is 286 Å². The number of aryl methyl sites for hydroxylation is 1. The number of likely N-dealkylation sites (N-methyl/N-ethyl adjacent to an activating group) is 1. The van der Waals surface area contributed by atoms with E-state index < -0.39 is 16.1 Å². The highest BCUT2D eigenvalue weighted by Gasteiger charge is 2.30. The summed E-state index contributed by atoms with van der Waals surface area (Å²) >= 11 is 0. The van der Waals surface area contributed by atoms with Gasteiger partial charge in [-0.25, -0.2) is 8.42 Å². The van der Waals surface area contributed by atoms with Crippen molar-refractivity contribution in [2.24, 2.45) is 5.92 Å². The number of rotatable bonds is 10. The summed E-state index contributed by atoms with van der Waals surface area (Å²) in [6.07, 6.45) is 2.13. The Kier molecular flexibility index (Phi) is 13.3. The average molecular weight is 682 g/mol. The molecule has 0 radical (unpaired) electrons. The molecule has 3 aromatic rings. The standard InChI is InChI=1S/C37H51N3O7S/c1-26-10-17-33(18-11-26)48(43,44)38-31-14-19-35-34(21-31)37(42)40(28(3)25-41)22-27(2)36(46-20-8-7-9-29(4)47-35)24-39(5)23-30-12-15-32(45-6)16-13-30/h10-19,21,27-29,36,38,41H,7-9,20,22-25H2,1-6H3/t27-,28+,29+,36-/m1/s1. The zero-order valence-electron chi connectivity index (χ0n) is 29.0. The number of aliphatic hydroxyl groups excluding tert-OH is 1. The Morgan fingerprint density at radius 1 is 1.06 bits per heavy atom. The SMILES string of the molecule is COc1ccc(CN(C)C[C@H]2OCCCC[C@H](C)Oc3ccc(NS(=O)(=O)c4ccc(C)cc4)cc3C(=O)N([C@@H](C)CO)C[C@H]2C)cc1. The summed E-state index contributed by atoms with van der Waals surface area (Å²) in [5.74, 6) is 0.738. The number of fused-ring (bicyclic) bond motifs is 1. The summed E-state index contributed by atoms with van der Waals surface area (Å²) in [4.78, 5) is 18.4. The zero-order chi connectivity index (χ0) is 34.8. The minimum absolute atomic E-state index is 0.0873. The molecule has 0 aliphatic carbocycles. The lowest BCUT2D eigenvalue weighted by atomic mass is 10.0. The lowest BCUT2D eigenvalue weighted by Gasteiger charge is -2.36. The van der Waals surface area contributed by atoms with Gasteiger partial charge in [-0.05, 0) is 95.1 Å². The molecular formula is C37H51N3O7S. The normalized spacial score (nSPS) is 20.4. The van der Waals surface area contributed by atoms with Crippen molar-refractivity contribution in [1.82, 2.24) is 9.80 Å². The van der Waals surface area contributed by atoms with E-state index in [-0.39, 0.29) is 46.8 Å². The first-order chi connectivity index (χ1) is 22.9. The van der Waals surface area contributed by atoms with Crippen molar-refractivity contribution in [1.29, 1.82) is 0 Å². The molecule has 262 valence electrons. The maximum atomic E-state index is 14.4. The third-order valence-electron chi connectivity index (χ3n) is 8.74. The first kappa shape index (κ1) is 37.2. The van der Waals surface area contributed by atoms with E-state index in [1.165, 1.54) is 6.07 Å². The van der Waals surface area contributed by atoms with E-state index in [0.717, 1.165) is 42.7 Å². The van der Waals surface area contributed by atoms with Gasteiger partial charge in [0.15, 0.2) is 0 Å². The molecule has 1 amide bonds. The second-order valence-electron chi connectivity index (χ2n) is 13.0. The van der Waals surface area contributed by atoms with Gasteiger partial charge in [-0.2, -0.15) is 0 Å². The predicted octanol–water partition coefficient (Wildman–Crippen LogP) is 5.73. The molecule has 1 aliphatic rings. The van der Waals surface area contributed by atoms with Crippen LogP contribution in [-0.4, -0.2) is 87.9 Å². The zero-order valence-corrected chi connectivity index (χ0v) is 29.8. The highest BCUT2D eigenvalue weighted by molar-refractivity contribution is 7.92. The number of benzene rings is 3. The Morgan fingerprint density at radius 2 is 1.77 bits per heavy atom. The van der Waals surface area contributed by atoms with Gasteiger partial charge in [0.25, 0.3) is 15.9 Å². The molecular weight excluding hydrogens is 630 g/mol. The van der Waals surface area contributed by atoms with Crippen LogP contribution >= 0.6 is 0 Å². The predicted molar refractivity (Wildman–Crippen MR) is 188 cm³/mol. The smallest absolute Gasteiger partial charge is 0.261 e. The molecule has 1 aliphatic heterocycles. The number of sulfonamides is 1. The van der Waals surface area contributed by atoms with Gasteiger partial charge >= 0.3 is 0 Å². The van der Waals surface area contributed by atoms with E-state index in [2.05, 4.69) is 23.6 Å². The Morgan fingerprint density at radius 3 is 2.44 bits per heavy atom. The topological polar surface area (TPSA) is 118 Å². The van der Waals surface area contributed by atoms with Crippen LogP contribution in [0.25, 0.3) is 0 Å². The molecule has 0 saturated heterocycles. The Hall–Kier alpha value is -3.64. The van der Waals surface area contributed by atoms with Gasteiger partial charge in [-0.15, -0.1) is 0 Å². The van der Waals surface area contributed by atoms with E-state index in [9.17, 15) is 18.3 Å². The molecule has 0 bridgehead atoms. The fourth-order valence-electron chi connectivity index (χ4n) is 5.79. The van der Waals surface area contributed by atoms with E-state index in [1.807, 2.05) is 38.1 Å². The highest BCUT2D eigenvalue weighted by atomic mass is 32.2. The largest absolute Gasteiger partial charge is 0.497 e. The molecule has 10 nitrogen and oxygen atoms in total. The fourth-order valence-corrected chi connectivity index (χ4v) is 6.84. The number of carbonyl (C=O) groups excluding carboxylic acids is 1. The summed E-state index contributed by atoms with van der Waals surface area (Å²) in [5.41, 5.74) is 2.56. The first-order valence-corrected chi connectivity index (χ1v) is 18.1. The lowest BCUT2D eigenvalue weighted by Crippen LogP contribution is -2.47. The number of anilines is 1. The number of hydrogen-bond donors (Lipinski definition) is 2. The Bertz CT molecular complexity index is 1580. The molecule has 0 fully saturated rings. The van der Waals surface area contributed by atoms with Gasteiger partial charge in [0.2, 0.25) is 0 Å². The maximum absolute atomic E-state index is 14.4. The van der Waals surface area contributed by atoms with Crippen LogP contribution in [0.15, 0.2) is 71.6 Å². The van der Waals surface area contributed by atoms with E-state index in [0.29, 0.717) is 25.4 Å². The number of aliphatic hydroxyl groups is 1. The quantitative estimate of drug-likeness (QED) is 0.279. The molecule has 2 N–H and O–H groups in total. The first-order valence-electron chi connectivity index (χ1n) is 16.6. The summed E-state index contributed by atoms with van der Waals surface area (Å²) < 4.78 is 47.2. The van der Waals surface area contributed by atoms with Crippen molar-refractivity contribution in [3.8, 4) is 11.5 Å². The molecule has 3 aromatic carbocycles. The summed E-state index contributed by atoms with van der Waals surface area (Å²) in [6, 6.07) is 18.8. The van der Waals surface area contributed by atoms with Gasteiger partial charge in [-0.1, -0.05) is 36.8 Å². The highest BCUT2D eigenvalue weighted by Crippen LogP contribution is 2.30. The van der Waals surface area contributed by atoms with Crippen molar-refractivity contribution < 1.29 is 32.5 Å². The van der Waals surface area contributed by atoms with Crippen molar-refractivity contribution in [2.45, 2.75) is 76.6 Å². The van der Waals surface area contributed by atoms with E-state index >= 15 is 0 Å². The summed E-state index contributed by atoms with van der Waals surface area (Å²) in [5, 5.41) is 10.3. The number of nitrogens with one attached hydrogen (secondary N) is 1. The number of hydrogen-bond acceptors (Lipinski definition) is 8. The monoisotopic (exact) mass is 681 g/mol. The van der Waals surface area contributed by atoms with E-state index in [4.69, 9.17) is 14.2 Å². The lowest BCUT2D eigenvalue weighted by molar-refractivity contribution is -0.0177. The number of methoxy groups -OCH3 is 1. The third-order valence-corrected chi connectivity index (χ3v) is 10.1. The van der Waals surface area contributed by atoms with Crippen molar-refractivity contribution in [3.05, 3.63) is 83.4 Å². The van der Waals surface area contributed by atoms with Crippen molar-refractivity contribution >= 4 is 21.6 Å². The van der Waals surface area contributed by atoms with Crippen LogP contribution in [0.1, 0.15) is 61.5 Å². The second-order valence-corrected chi connectivity index (χ2v) is 14.7. The van der Waals surface area contributed by atoms with Crippen LogP contribution in [0, 0.1) is 12.8 Å². The molecule has 0 saturated carbocycles. The van der Waals surface area contributed by atoms with Crippen LogP contribution in [0.3, 0.4) is 0 Å². The minimum Gasteiger partial charge on any atom is -0.497 e. The van der Waals surface area contributed by atoms with Gasteiger partial charge in [0.05, 0.1) is 42.4 Å². The van der Waals surface area contributed by atoms with Gasteiger partial charge in [0, 0.05) is 37.8 Å². The molecule has 4 atom stereocenters. The van der Waals surface area contributed by atoms with Crippen LogP contribution in [0.4, 0.5) is 5.69 Å². The van der Waals surface area contributed by atoms with E-state index in [1.54, 1.807) is 55.3 Å². The Balaban J connectivity index is 1.62. The average Bonchev–Trinajstić information content (AvgIpc) is 3.06.